The van der Waals surface area contributed by atoms with Crippen LogP contribution in [0.2, 0.25) is 0 Å². The zero-order chi connectivity index (χ0) is 26.2. The molecule has 2 aliphatic heterocycles. The number of nitro benzene ring substituents is 1. The van der Waals surface area contributed by atoms with E-state index in [-0.39, 0.29) is 11.5 Å². The second kappa shape index (κ2) is 12.4. The zero-order valence-corrected chi connectivity index (χ0v) is 21.4. The highest BCUT2D eigenvalue weighted by Crippen LogP contribution is 2.28. The van der Waals surface area contributed by atoms with E-state index < -0.39 is 16.2 Å². The van der Waals surface area contributed by atoms with Gasteiger partial charge in [0, 0.05) is 18.7 Å². The molecule has 8 heteroatoms. The first-order chi connectivity index (χ1) is 18.0. The maximum Gasteiger partial charge on any atom is 0.357 e. The number of pyridine rings is 1. The van der Waals surface area contributed by atoms with Crippen molar-refractivity contribution in [1.29, 1.82) is 0 Å². The molecule has 0 spiro atoms. The molecule has 2 heterocycles. The highest BCUT2D eigenvalue weighted by molar-refractivity contribution is 5.87. The number of nitrogens with zero attached hydrogens (tertiary/aromatic N) is 4. The smallest absolute Gasteiger partial charge is 0.325 e. The highest BCUT2D eigenvalue weighted by atomic mass is 16.6. The Morgan fingerprint density at radius 3 is 2.14 bits per heavy atom. The number of hydrogen-bond acceptors (Lipinski definition) is 5. The van der Waals surface area contributed by atoms with E-state index in [4.69, 9.17) is 0 Å². The van der Waals surface area contributed by atoms with E-state index in [1.165, 1.54) is 57.1 Å². The van der Waals surface area contributed by atoms with Gasteiger partial charge in [-0.2, -0.15) is 4.98 Å². The minimum Gasteiger partial charge on any atom is -0.325 e. The molecule has 0 aromatic heterocycles. The molecule has 0 N–H and O–H groups in total. The molecule has 2 aliphatic rings. The molecular weight excluding hydrogens is 468 g/mol. The van der Waals surface area contributed by atoms with Crippen molar-refractivity contribution < 1.29 is 4.92 Å². The van der Waals surface area contributed by atoms with E-state index in [1.807, 2.05) is 6.07 Å². The Labute approximate surface area is 216 Å². The van der Waals surface area contributed by atoms with Crippen molar-refractivity contribution in [1.82, 2.24) is 14.1 Å². The molecule has 0 bridgehead atoms. The number of non-ortho nitro benzene ring substituents is 1. The largest absolute Gasteiger partial charge is 0.357 e. The van der Waals surface area contributed by atoms with Crippen molar-refractivity contribution >= 4 is 16.6 Å². The van der Waals surface area contributed by atoms with Gasteiger partial charge in [0.1, 0.15) is 0 Å². The Hall–Kier alpha value is -3.81. The molecule has 37 heavy (non-hydrogen) atoms. The first-order valence-electron chi connectivity index (χ1n) is 13.3. The van der Waals surface area contributed by atoms with E-state index in [1.54, 1.807) is 41.0 Å². The lowest BCUT2D eigenvalue weighted by Gasteiger charge is -2.18. The Balaban J connectivity index is 1.63. The van der Waals surface area contributed by atoms with Crippen LogP contribution in [0.3, 0.4) is 0 Å². The Bertz CT molecular complexity index is 1440. The minimum absolute atomic E-state index is 0.0383. The predicted octanol–water partition coefficient (Wildman–Crippen LogP) is 6.48. The van der Waals surface area contributed by atoms with Gasteiger partial charge in [0.2, 0.25) is 0 Å². The molecule has 194 valence electrons. The summed E-state index contributed by atoms with van der Waals surface area (Å²) in [5.74, 6) is 0.270. The van der Waals surface area contributed by atoms with Crippen LogP contribution in [0.4, 0.5) is 5.69 Å². The zero-order valence-electron chi connectivity index (χ0n) is 21.4. The van der Waals surface area contributed by atoms with Crippen molar-refractivity contribution in [3.8, 4) is 17.1 Å². The summed E-state index contributed by atoms with van der Waals surface area (Å²) in [6, 6.07) is 15.0. The normalized spacial score (nSPS) is 11.4. The Kier molecular flexibility index (Phi) is 8.82. The van der Waals surface area contributed by atoms with Gasteiger partial charge in [0.25, 0.3) is 11.2 Å². The van der Waals surface area contributed by atoms with Crippen LogP contribution in [-0.2, 0) is 6.54 Å². The fourth-order valence-corrected chi connectivity index (χ4v) is 4.90. The van der Waals surface area contributed by atoms with Crippen LogP contribution in [0.25, 0.3) is 28.0 Å². The molecule has 2 aromatic rings. The van der Waals surface area contributed by atoms with E-state index in [2.05, 4.69) is 11.9 Å². The molecule has 0 aliphatic carbocycles. The number of hydrogen-bond donors (Lipinski definition) is 0. The summed E-state index contributed by atoms with van der Waals surface area (Å²) in [5.41, 5.74) is 0.224. The van der Waals surface area contributed by atoms with Gasteiger partial charge in [-0.1, -0.05) is 82.9 Å². The second-order valence-corrected chi connectivity index (χ2v) is 9.59. The third-order valence-electron chi connectivity index (χ3n) is 6.89. The number of benzene rings is 2. The molecule has 8 nitrogen and oxygen atoms in total. The summed E-state index contributed by atoms with van der Waals surface area (Å²) in [6.45, 7) is 2.74. The van der Waals surface area contributed by atoms with Crippen LogP contribution >= 0.6 is 0 Å². The van der Waals surface area contributed by atoms with E-state index in [0.29, 0.717) is 28.7 Å². The minimum atomic E-state index is -0.662. The lowest BCUT2D eigenvalue weighted by Crippen LogP contribution is -2.36. The quantitative estimate of drug-likeness (QED) is 0.0901. The van der Waals surface area contributed by atoms with Gasteiger partial charge in [0.05, 0.1) is 21.7 Å². The fourth-order valence-electron chi connectivity index (χ4n) is 4.90. The molecule has 0 amide bonds. The number of rotatable bonds is 13. The van der Waals surface area contributed by atoms with Crippen molar-refractivity contribution in [3.63, 3.8) is 0 Å². The summed E-state index contributed by atoms with van der Waals surface area (Å²) < 4.78 is 2.88. The second-order valence-electron chi connectivity index (χ2n) is 9.59. The van der Waals surface area contributed by atoms with Crippen LogP contribution in [-0.4, -0.2) is 19.0 Å². The van der Waals surface area contributed by atoms with Crippen molar-refractivity contribution in [2.75, 3.05) is 0 Å². The molecule has 4 rings (SSSR count). The van der Waals surface area contributed by atoms with Crippen molar-refractivity contribution in [3.05, 3.63) is 85.5 Å². The molecular formula is C29H34N4O4. The van der Waals surface area contributed by atoms with Crippen molar-refractivity contribution in [2.45, 2.75) is 77.7 Å². The molecule has 0 atom stereocenters. The number of nitro groups is 1. The average molecular weight is 503 g/mol. The van der Waals surface area contributed by atoms with Crippen LogP contribution in [0.15, 0.2) is 64.2 Å². The molecule has 0 radical (unpaired) electrons. The topological polar surface area (TPSA) is 100 Å². The number of unbranched alkanes of at least 4 members (excludes halogenated alkanes) is 9. The molecule has 0 fully saturated rings. The van der Waals surface area contributed by atoms with E-state index in [9.17, 15) is 19.7 Å². The third-order valence-corrected chi connectivity index (χ3v) is 6.89. The molecule has 0 saturated heterocycles. The number of aryl methyl sites for hydroxylation is 1. The first-order valence-corrected chi connectivity index (χ1v) is 13.3. The maximum atomic E-state index is 13.5. The van der Waals surface area contributed by atoms with Crippen LogP contribution < -0.4 is 11.2 Å². The van der Waals surface area contributed by atoms with E-state index in [0.717, 1.165) is 23.8 Å². The Morgan fingerprint density at radius 1 is 0.838 bits per heavy atom. The van der Waals surface area contributed by atoms with Gasteiger partial charge < -0.3 is 4.57 Å². The molecule has 0 unspecified atom stereocenters. The standard InChI is InChI=1S/C29H34N4O4/c1-2-3-4-5-6-7-8-9-10-14-19-31-26-21-24(33(36)37)18-17-22(26)20-25-27(31)30-29(35)32(28(25)34)23-15-12-11-13-16-23/h11-13,15-18,20-21H,2-10,14,19H2,1H3. The maximum absolute atomic E-state index is 13.5. The highest BCUT2D eigenvalue weighted by Gasteiger charge is 2.21. The van der Waals surface area contributed by atoms with Gasteiger partial charge in [-0.25, -0.2) is 9.36 Å². The SMILES string of the molecule is CCCCCCCCCCCCn1c2nc(=O)n(-c3ccccc3)c(=O)c-2cc2ccc([N+](=O)[O-])cc21. The first kappa shape index (κ1) is 26.3. The van der Waals surface area contributed by atoms with Gasteiger partial charge in [-0.15, -0.1) is 0 Å². The average Bonchev–Trinajstić information content (AvgIpc) is 2.90. The monoisotopic (exact) mass is 502 g/mol. The summed E-state index contributed by atoms with van der Waals surface area (Å²) >= 11 is 0. The third kappa shape index (κ3) is 6.13. The van der Waals surface area contributed by atoms with Gasteiger partial charge >= 0.3 is 5.69 Å². The van der Waals surface area contributed by atoms with Crippen LogP contribution in [0.1, 0.15) is 71.1 Å². The summed E-state index contributed by atoms with van der Waals surface area (Å²) in [6.07, 6.45) is 11.8. The molecule has 2 aromatic carbocycles. The van der Waals surface area contributed by atoms with Crippen LogP contribution in [0.5, 0.6) is 0 Å². The summed E-state index contributed by atoms with van der Waals surface area (Å²) in [5, 5.41) is 12.1. The lowest BCUT2D eigenvalue weighted by molar-refractivity contribution is -0.384. The van der Waals surface area contributed by atoms with Crippen LogP contribution in [0, 0.1) is 10.1 Å². The van der Waals surface area contributed by atoms with Gasteiger partial charge in [-0.05, 0) is 36.1 Å². The Morgan fingerprint density at radius 2 is 1.49 bits per heavy atom. The molecule has 0 saturated carbocycles. The predicted molar refractivity (Wildman–Crippen MR) is 147 cm³/mol. The number of fused-ring (bicyclic) bond motifs is 2. The number of aromatic nitrogens is 3. The van der Waals surface area contributed by atoms with Crippen molar-refractivity contribution in [2.24, 2.45) is 0 Å². The lowest BCUT2D eigenvalue weighted by atomic mass is 10.1. The number of para-hydroxylation sites is 1. The van der Waals surface area contributed by atoms with E-state index >= 15 is 0 Å². The van der Waals surface area contributed by atoms with Gasteiger partial charge in [0.15, 0.2) is 5.82 Å². The summed E-state index contributed by atoms with van der Waals surface area (Å²) in [4.78, 5) is 41.8. The van der Waals surface area contributed by atoms with Gasteiger partial charge in [-0.3, -0.25) is 14.9 Å². The summed E-state index contributed by atoms with van der Waals surface area (Å²) in [7, 11) is 0. The fraction of sp³-hybridized carbons (Fsp3) is 0.414.